The number of hydrogen-bond donors (Lipinski definition) is 5. The van der Waals surface area contributed by atoms with Crippen LogP contribution in [-0.4, -0.2) is 78.0 Å². The van der Waals surface area contributed by atoms with Crippen LogP contribution in [0, 0.1) is 11.8 Å². The van der Waals surface area contributed by atoms with Gasteiger partial charge in [-0.15, -0.1) is 0 Å². The lowest BCUT2D eigenvalue weighted by Crippen LogP contribution is -2.55. The van der Waals surface area contributed by atoms with Crippen LogP contribution in [0.2, 0.25) is 0 Å². The fourth-order valence-electron chi connectivity index (χ4n) is 3.14. The van der Waals surface area contributed by atoms with Crippen molar-refractivity contribution in [1.29, 1.82) is 0 Å². The Morgan fingerprint density at radius 3 is 2.23 bits per heavy atom. The van der Waals surface area contributed by atoms with Crippen LogP contribution in [0.1, 0.15) is 59.3 Å². The largest absolute Gasteiger partial charge is 0.394 e. The average Bonchev–Trinajstić information content (AvgIpc) is 2.71. The van der Waals surface area contributed by atoms with E-state index in [0.717, 1.165) is 6.42 Å². The van der Waals surface area contributed by atoms with E-state index in [9.17, 15) is 24.9 Å². The van der Waals surface area contributed by atoms with E-state index < -0.39 is 37.1 Å². The van der Waals surface area contributed by atoms with Gasteiger partial charge in [0.2, 0.25) is 11.8 Å². The van der Waals surface area contributed by atoms with Gasteiger partial charge in [-0.05, 0) is 31.6 Å². The maximum absolute atomic E-state index is 11.8. The third-order valence-electron chi connectivity index (χ3n) is 5.21. The number of aliphatic hydroxyl groups excluding tert-OH is 3. The van der Waals surface area contributed by atoms with Crippen molar-refractivity contribution in [3.8, 4) is 0 Å². The molecule has 1 saturated heterocycles. The molecule has 30 heavy (non-hydrogen) atoms. The lowest BCUT2D eigenvalue weighted by Gasteiger charge is -2.40. The Kier molecular flexibility index (Phi) is 13.1. The standard InChI is InChI=1S/C21H40N2O7/c1-14(2)8-9-18(26)23-11-6-10-22-17(25)7-4-5-12-29-21-15(3)19(27)20(28)16(13-24)30-21/h14-16,19-21,24,27-28H,4-13H2,1-3H3,(H,22,25)(H,23,26)/t15-,16?,19?,20-,21+/m0/s1. The number of aliphatic hydroxyl groups is 3. The molecule has 0 radical (unpaired) electrons. The maximum Gasteiger partial charge on any atom is 0.220 e. The number of nitrogens with one attached hydrogen (secondary N) is 2. The zero-order valence-corrected chi connectivity index (χ0v) is 18.5. The molecule has 2 unspecified atom stereocenters. The van der Waals surface area contributed by atoms with Crippen LogP contribution >= 0.6 is 0 Å². The quantitative estimate of drug-likeness (QED) is 0.249. The van der Waals surface area contributed by atoms with E-state index in [1.807, 2.05) is 0 Å². The topological polar surface area (TPSA) is 137 Å². The van der Waals surface area contributed by atoms with Crippen molar-refractivity contribution in [2.45, 2.75) is 83.9 Å². The number of hydrogen-bond acceptors (Lipinski definition) is 7. The summed E-state index contributed by atoms with van der Waals surface area (Å²) in [6, 6.07) is 0. The van der Waals surface area contributed by atoms with E-state index in [1.165, 1.54) is 0 Å². The van der Waals surface area contributed by atoms with Gasteiger partial charge >= 0.3 is 0 Å². The number of ether oxygens (including phenoxy) is 2. The van der Waals surface area contributed by atoms with Gasteiger partial charge in [-0.2, -0.15) is 0 Å². The summed E-state index contributed by atoms with van der Waals surface area (Å²) in [4.78, 5) is 23.4. The lowest BCUT2D eigenvalue weighted by molar-refractivity contribution is -0.282. The van der Waals surface area contributed by atoms with Gasteiger partial charge in [0.15, 0.2) is 6.29 Å². The Labute approximate surface area is 179 Å². The zero-order chi connectivity index (χ0) is 22.5. The SMILES string of the molecule is CC(C)CCC(=O)NCCCNC(=O)CCCCO[C@@H]1OC(CO)[C@H](O)C(O)[C@@H]1C. The van der Waals surface area contributed by atoms with Gasteiger partial charge in [-0.3, -0.25) is 9.59 Å². The molecule has 1 heterocycles. The molecular weight excluding hydrogens is 392 g/mol. The highest BCUT2D eigenvalue weighted by Gasteiger charge is 2.42. The maximum atomic E-state index is 11.8. The molecule has 9 nitrogen and oxygen atoms in total. The van der Waals surface area contributed by atoms with Gasteiger partial charge < -0.3 is 35.4 Å². The fourth-order valence-corrected chi connectivity index (χ4v) is 3.14. The second-order valence-electron chi connectivity index (χ2n) is 8.38. The molecule has 1 rings (SSSR count). The van der Waals surface area contributed by atoms with Gasteiger partial charge in [0.25, 0.3) is 0 Å². The minimum absolute atomic E-state index is 0.0395. The summed E-state index contributed by atoms with van der Waals surface area (Å²) in [5, 5.41) is 34.7. The smallest absolute Gasteiger partial charge is 0.220 e. The van der Waals surface area contributed by atoms with Crippen molar-refractivity contribution < 1.29 is 34.4 Å². The van der Waals surface area contributed by atoms with Crippen molar-refractivity contribution in [3.05, 3.63) is 0 Å². The summed E-state index contributed by atoms with van der Waals surface area (Å²) < 4.78 is 11.1. The van der Waals surface area contributed by atoms with Gasteiger partial charge in [0.1, 0.15) is 12.2 Å². The van der Waals surface area contributed by atoms with Gasteiger partial charge in [0.05, 0.1) is 12.7 Å². The number of rotatable bonds is 14. The molecule has 176 valence electrons. The van der Waals surface area contributed by atoms with Crippen LogP contribution in [0.3, 0.4) is 0 Å². The first-order valence-corrected chi connectivity index (χ1v) is 11.0. The van der Waals surface area contributed by atoms with Gasteiger partial charge in [-0.1, -0.05) is 20.8 Å². The minimum atomic E-state index is -1.14. The molecule has 0 aromatic rings. The van der Waals surface area contributed by atoms with E-state index in [4.69, 9.17) is 9.47 Å². The lowest BCUT2D eigenvalue weighted by atomic mass is 9.92. The fraction of sp³-hybridized carbons (Fsp3) is 0.905. The predicted molar refractivity (Wildman–Crippen MR) is 111 cm³/mol. The summed E-state index contributed by atoms with van der Waals surface area (Å²) in [6.45, 7) is 6.92. The average molecular weight is 433 g/mol. The summed E-state index contributed by atoms with van der Waals surface area (Å²) in [6.07, 6.45) is 0.0534. The second kappa shape index (κ2) is 14.7. The first kappa shape index (κ1) is 26.8. The number of unbranched alkanes of at least 4 members (excludes halogenated alkanes) is 1. The van der Waals surface area contributed by atoms with Crippen molar-refractivity contribution >= 4 is 11.8 Å². The molecule has 1 aliphatic heterocycles. The molecule has 0 saturated carbocycles. The molecule has 0 spiro atoms. The minimum Gasteiger partial charge on any atom is -0.394 e. The molecule has 1 fully saturated rings. The summed E-state index contributed by atoms with van der Waals surface area (Å²) in [5.74, 6) is 0.105. The van der Waals surface area contributed by atoms with Crippen molar-refractivity contribution in [2.75, 3.05) is 26.3 Å². The molecule has 9 heteroatoms. The van der Waals surface area contributed by atoms with E-state index >= 15 is 0 Å². The highest BCUT2D eigenvalue weighted by atomic mass is 16.7. The van der Waals surface area contributed by atoms with Crippen LogP contribution in [-0.2, 0) is 19.1 Å². The molecule has 0 aromatic heterocycles. The van der Waals surface area contributed by atoms with Crippen LogP contribution < -0.4 is 10.6 Å². The highest BCUT2D eigenvalue weighted by molar-refractivity contribution is 5.76. The molecule has 5 atom stereocenters. The molecule has 2 amide bonds. The summed E-state index contributed by atoms with van der Waals surface area (Å²) >= 11 is 0. The molecule has 0 aromatic carbocycles. The second-order valence-corrected chi connectivity index (χ2v) is 8.38. The van der Waals surface area contributed by atoms with E-state index in [1.54, 1.807) is 6.92 Å². The van der Waals surface area contributed by atoms with Crippen molar-refractivity contribution in [2.24, 2.45) is 11.8 Å². The van der Waals surface area contributed by atoms with Crippen LogP contribution in [0.5, 0.6) is 0 Å². The van der Waals surface area contributed by atoms with E-state index in [2.05, 4.69) is 24.5 Å². The summed E-state index contributed by atoms with van der Waals surface area (Å²) in [5.41, 5.74) is 0. The monoisotopic (exact) mass is 432 g/mol. The zero-order valence-electron chi connectivity index (χ0n) is 18.5. The first-order valence-electron chi connectivity index (χ1n) is 11.0. The van der Waals surface area contributed by atoms with E-state index in [-0.39, 0.29) is 11.8 Å². The third kappa shape index (κ3) is 10.2. The molecule has 0 bridgehead atoms. The molecule has 0 aliphatic carbocycles. The molecule has 1 aliphatic rings. The number of carbonyl (C=O) groups is 2. The molecular formula is C21H40N2O7. The van der Waals surface area contributed by atoms with Crippen molar-refractivity contribution in [1.82, 2.24) is 10.6 Å². The Morgan fingerprint density at radius 2 is 1.63 bits per heavy atom. The van der Waals surface area contributed by atoms with Crippen molar-refractivity contribution in [3.63, 3.8) is 0 Å². The summed E-state index contributed by atoms with van der Waals surface area (Å²) in [7, 11) is 0. The van der Waals surface area contributed by atoms with Crippen LogP contribution in [0.15, 0.2) is 0 Å². The molecule has 5 N–H and O–H groups in total. The number of carbonyl (C=O) groups excluding carboxylic acids is 2. The van der Waals surface area contributed by atoms with Gasteiger partial charge in [-0.25, -0.2) is 0 Å². The third-order valence-corrected chi connectivity index (χ3v) is 5.21. The normalized spacial score (nSPS) is 26.6. The van der Waals surface area contributed by atoms with Crippen LogP contribution in [0.4, 0.5) is 0 Å². The number of amides is 2. The Morgan fingerprint density at radius 1 is 1.00 bits per heavy atom. The Bertz CT molecular complexity index is 502. The van der Waals surface area contributed by atoms with Gasteiger partial charge in [0, 0.05) is 38.5 Å². The highest BCUT2D eigenvalue weighted by Crippen LogP contribution is 2.26. The predicted octanol–water partition coefficient (Wildman–Crippen LogP) is 0.307. The Hall–Kier alpha value is -1.26. The Balaban J connectivity index is 2.05. The van der Waals surface area contributed by atoms with Crippen LogP contribution in [0.25, 0.3) is 0 Å². The first-order chi connectivity index (χ1) is 14.3. The van der Waals surface area contributed by atoms with E-state index in [0.29, 0.717) is 57.7 Å².